The molecular weight excluding hydrogens is 270 g/mol. The van der Waals surface area contributed by atoms with Crippen LogP contribution in [0.5, 0.6) is 5.75 Å². The number of phenolic OH excluding ortho intramolecular Hbond substituents is 1. The highest BCUT2D eigenvalue weighted by Crippen LogP contribution is 2.17. The number of rotatable bonds is 5. The maximum atomic E-state index is 11.8. The average Bonchev–Trinajstić information content (AvgIpc) is 2.38. The molecule has 3 nitrogen and oxygen atoms in total. The molecule has 0 atom stereocenters. The van der Waals surface area contributed by atoms with Crippen molar-refractivity contribution < 1.29 is 9.90 Å². The number of nitrogens with one attached hydrogen (secondary N) is 1. The molecule has 0 saturated heterocycles. The van der Waals surface area contributed by atoms with E-state index in [0.29, 0.717) is 11.4 Å². The largest absolute Gasteiger partial charge is 0.508 e. The van der Waals surface area contributed by atoms with Crippen molar-refractivity contribution >= 4 is 23.4 Å². The summed E-state index contributed by atoms with van der Waals surface area (Å²) in [4.78, 5) is 11.8. The highest BCUT2D eigenvalue weighted by Gasteiger charge is 2.03. The zero-order valence-corrected chi connectivity index (χ0v) is 12.1. The van der Waals surface area contributed by atoms with E-state index < -0.39 is 0 Å². The number of carbonyl (C=O) groups is 1. The molecule has 4 heteroatoms. The van der Waals surface area contributed by atoms with Crippen molar-refractivity contribution in [1.82, 2.24) is 0 Å². The summed E-state index contributed by atoms with van der Waals surface area (Å²) >= 11 is 1.57. The fourth-order valence-electron chi connectivity index (χ4n) is 1.84. The van der Waals surface area contributed by atoms with Gasteiger partial charge in [0.15, 0.2) is 0 Å². The molecule has 0 heterocycles. The van der Waals surface area contributed by atoms with Gasteiger partial charge < -0.3 is 10.4 Å². The van der Waals surface area contributed by atoms with Gasteiger partial charge >= 0.3 is 0 Å². The van der Waals surface area contributed by atoms with Crippen molar-refractivity contribution in [1.29, 1.82) is 0 Å². The van der Waals surface area contributed by atoms with E-state index in [-0.39, 0.29) is 11.7 Å². The lowest BCUT2D eigenvalue weighted by Gasteiger charge is -2.06. The summed E-state index contributed by atoms with van der Waals surface area (Å²) < 4.78 is 0. The number of aryl methyl sites for hydroxylation is 1. The van der Waals surface area contributed by atoms with Gasteiger partial charge in [0.1, 0.15) is 5.75 Å². The Morgan fingerprint density at radius 2 is 2.00 bits per heavy atom. The molecule has 2 aromatic carbocycles. The summed E-state index contributed by atoms with van der Waals surface area (Å²) in [6, 6.07) is 14.8. The highest BCUT2D eigenvalue weighted by atomic mass is 32.2. The molecule has 104 valence electrons. The van der Waals surface area contributed by atoms with Gasteiger partial charge in [0.05, 0.1) is 5.75 Å². The quantitative estimate of drug-likeness (QED) is 0.884. The number of hydrogen-bond acceptors (Lipinski definition) is 3. The maximum absolute atomic E-state index is 11.8. The van der Waals surface area contributed by atoms with Crippen LogP contribution < -0.4 is 5.32 Å². The summed E-state index contributed by atoms with van der Waals surface area (Å²) in [6.07, 6.45) is 0. The highest BCUT2D eigenvalue weighted by molar-refractivity contribution is 7.99. The van der Waals surface area contributed by atoms with Gasteiger partial charge in [-0.2, -0.15) is 0 Å². The summed E-state index contributed by atoms with van der Waals surface area (Å²) in [5, 5.41) is 12.1. The first kappa shape index (κ1) is 14.5. The van der Waals surface area contributed by atoms with E-state index in [1.807, 2.05) is 6.07 Å². The monoisotopic (exact) mass is 287 g/mol. The number of phenols is 1. The van der Waals surface area contributed by atoms with Crippen molar-refractivity contribution in [2.75, 3.05) is 11.1 Å². The lowest BCUT2D eigenvalue weighted by molar-refractivity contribution is -0.113. The third-order valence-electron chi connectivity index (χ3n) is 2.71. The van der Waals surface area contributed by atoms with E-state index in [1.165, 1.54) is 17.2 Å². The predicted molar refractivity (Wildman–Crippen MR) is 84.1 cm³/mol. The van der Waals surface area contributed by atoms with Gasteiger partial charge in [-0.1, -0.05) is 35.9 Å². The Labute approximate surface area is 123 Å². The molecule has 0 unspecified atom stereocenters. The molecule has 0 fully saturated rings. The van der Waals surface area contributed by atoms with Gasteiger partial charge in [0, 0.05) is 17.5 Å². The van der Waals surface area contributed by atoms with E-state index in [0.717, 1.165) is 5.75 Å². The number of aromatic hydroxyl groups is 1. The summed E-state index contributed by atoms with van der Waals surface area (Å²) in [7, 11) is 0. The van der Waals surface area contributed by atoms with Crippen LogP contribution in [0.2, 0.25) is 0 Å². The molecule has 2 aromatic rings. The third kappa shape index (κ3) is 4.63. The van der Waals surface area contributed by atoms with Gasteiger partial charge in [0.2, 0.25) is 5.91 Å². The molecule has 0 aromatic heterocycles. The molecule has 0 bridgehead atoms. The van der Waals surface area contributed by atoms with Crippen LogP contribution in [0.4, 0.5) is 5.69 Å². The van der Waals surface area contributed by atoms with E-state index in [1.54, 1.807) is 30.0 Å². The minimum Gasteiger partial charge on any atom is -0.508 e. The zero-order chi connectivity index (χ0) is 14.4. The number of anilines is 1. The first-order valence-corrected chi connectivity index (χ1v) is 7.51. The Morgan fingerprint density at radius 3 is 2.75 bits per heavy atom. The number of amides is 1. The van der Waals surface area contributed by atoms with Gasteiger partial charge in [0.25, 0.3) is 0 Å². The zero-order valence-electron chi connectivity index (χ0n) is 11.3. The van der Waals surface area contributed by atoms with Crippen LogP contribution >= 0.6 is 11.8 Å². The van der Waals surface area contributed by atoms with Crippen LogP contribution in [0.25, 0.3) is 0 Å². The van der Waals surface area contributed by atoms with Gasteiger partial charge in [-0.15, -0.1) is 11.8 Å². The Morgan fingerprint density at radius 1 is 1.20 bits per heavy atom. The topological polar surface area (TPSA) is 49.3 Å². The second kappa shape index (κ2) is 7.01. The fraction of sp³-hybridized carbons (Fsp3) is 0.188. The number of benzene rings is 2. The molecule has 0 aliphatic rings. The third-order valence-corrected chi connectivity index (χ3v) is 3.72. The fourth-order valence-corrected chi connectivity index (χ4v) is 2.62. The molecule has 0 aliphatic carbocycles. The minimum absolute atomic E-state index is 0.0618. The van der Waals surface area contributed by atoms with Crippen molar-refractivity contribution in [3.63, 3.8) is 0 Å². The van der Waals surface area contributed by atoms with Crippen LogP contribution in [-0.2, 0) is 10.5 Å². The molecule has 20 heavy (non-hydrogen) atoms. The first-order chi connectivity index (χ1) is 9.63. The van der Waals surface area contributed by atoms with Crippen LogP contribution in [-0.4, -0.2) is 16.8 Å². The van der Waals surface area contributed by atoms with Gasteiger partial charge in [-0.3, -0.25) is 4.79 Å². The Balaban J connectivity index is 1.78. The van der Waals surface area contributed by atoms with Crippen LogP contribution in [0, 0.1) is 6.92 Å². The minimum atomic E-state index is -0.0618. The van der Waals surface area contributed by atoms with Crippen LogP contribution in [0.15, 0.2) is 48.5 Å². The Kier molecular flexibility index (Phi) is 5.07. The lowest BCUT2D eigenvalue weighted by Crippen LogP contribution is -2.14. The Bertz CT molecular complexity index is 599. The molecular formula is C16H17NO2S. The smallest absolute Gasteiger partial charge is 0.234 e. The van der Waals surface area contributed by atoms with Crippen molar-refractivity contribution in [2.24, 2.45) is 0 Å². The summed E-state index contributed by atoms with van der Waals surface area (Å²) in [6.45, 7) is 2.06. The van der Waals surface area contributed by atoms with Gasteiger partial charge in [-0.25, -0.2) is 0 Å². The van der Waals surface area contributed by atoms with E-state index >= 15 is 0 Å². The standard InChI is InChI=1S/C16H17NO2S/c1-12-4-2-5-13(8-12)10-20-11-16(19)17-14-6-3-7-15(18)9-14/h2-9,18H,10-11H2,1H3,(H,17,19). The molecule has 0 saturated carbocycles. The first-order valence-electron chi connectivity index (χ1n) is 6.35. The number of thioether (sulfide) groups is 1. The average molecular weight is 287 g/mol. The molecule has 1 amide bonds. The molecule has 0 spiro atoms. The Hall–Kier alpha value is -1.94. The predicted octanol–water partition coefficient (Wildman–Crippen LogP) is 3.57. The molecule has 2 rings (SSSR count). The SMILES string of the molecule is Cc1cccc(CSCC(=O)Nc2cccc(O)c2)c1. The van der Waals surface area contributed by atoms with E-state index in [2.05, 4.69) is 30.4 Å². The van der Waals surface area contributed by atoms with E-state index in [4.69, 9.17) is 0 Å². The number of hydrogen-bond donors (Lipinski definition) is 2. The van der Waals surface area contributed by atoms with Gasteiger partial charge in [-0.05, 0) is 24.6 Å². The van der Waals surface area contributed by atoms with Crippen molar-refractivity contribution in [3.8, 4) is 5.75 Å². The summed E-state index contributed by atoms with van der Waals surface area (Å²) in [5.74, 6) is 1.29. The number of carbonyl (C=O) groups excluding carboxylic acids is 1. The molecule has 2 N–H and O–H groups in total. The maximum Gasteiger partial charge on any atom is 0.234 e. The van der Waals surface area contributed by atoms with Crippen LogP contribution in [0.3, 0.4) is 0 Å². The van der Waals surface area contributed by atoms with Crippen molar-refractivity contribution in [3.05, 3.63) is 59.7 Å². The van der Waals surface area contributed by atoms with Crippen LogP contribution in [0.1, 0.15) is 11.1 Å². The van der Waals surface area contributed by atoms with E-state index in [9.17, 15) is 9.90 Å². The summed E-state index contributed by atoms with van der Waals surface area (Å²) in [5.41, 5.74) is 3.07. The second-order valence-electron chi connectivity index (χ2n) is 4.58. The second-order valence-corrected chi connectivity index (χ2v) is 5.57. The normalized spacial score (nSPS) is 10.2. The molecule has 0 radical (unpaired) electrons. The van der Waals surface area contributed by atoms with Crippen molar-refractivity contribution in [2.45, 2.75) is 12.7 Å². The lowest BCUT2D eigenvalue weighted by atomic mass is 10.2. The molecule has 0 aliphatic heterocycles.